The summed E-state index contributed by atoms with van der Waals surface area (Å²) >= 11 is 6.02. The summed E-state index contributed by atoms with van der Waals surface area (Å²) in [5, 5.41) is 0.796. The highest BCUT2D eigenvalue weighted by atomic mass is 35.5. The van der Waals surface area contributed by atoms with Crippen molar-refractivity contribution in [2.75, 3.05) is 0 Å². The van der Waals surface area contributed by atoms with Crippen molar-refractivity contribution in [3.63, 3.8) is 0 Å². The van der Waals surface area contributed by atoms with Crippen molar-refractivity contribution in [3.8, 4) is 0 Å². The Hall–Kier alpha value is -2.06. The minimum atomic E-state index is 0.566. The molecule has 0 N–H and O–H groups in total. The molecule has 2 aromatic carbocycles. The van der Waals surface area contributed by atoms with E-state index in [1.807, 2.05) is 30.9 Å². The van der Waals surface area contributed by atoms with Gasteiger partial charge in [-0.3, -0.25) is 0 Å². The molecule has 0 aliphatic rings. The lowest BCUT2D eigenvalue weighted by Crippen LogP contribution is -2.14. The van der Waals surface area contributed by atoms with Crippen LogP contribution in [0.25, 0.3) is 0 Å². The van der Waals surface area contributed by atoms with Crippen molar-refractivity contribution >= 4 is 11.6 Å². The van der Waals surface area contributed by atoms with Crippen LogP contribution in [-0.4, -0.2) is 9.55 Å². The average molecular weight is 353 g/mol. The fourth-order valence-corrected chi connectivity index (χ4v) is 3.52. The lowest BCUT2D eigenvalue weighted by molar-refractivity contribution is 0.412. The third-order valence-corrected chi connectivity index (χ3v) is 5.04. The zero-order valence-electron chi connectivity index (χ0n) is 15.0. The monoisotopic (exact) mass is 352 g/mol. The minimum Gasteiger partial charge on any atom is -0.337 e. The molecule has 130 valence electrons. The van der Waals surface area contributed by atoms with Gasteiger partial charge in [0.05, 0.1) is 6.33 Å². The molecule has 1 aromatic heterocycles. The van der Waals surface area contributed by atoms with Gasteiger partial charge in [-0.15, -0.1) is 0 Å². The summed E-state index contributed by atoms with van der Waals surface area (Å²) in [5.74, 6) is 0.566. The van der Waals surface area contributed by atoms with Crippen molar-refractivity contribution in [1.29, 1.82) is 0 Å². The predicted octanol–water partition coefficient (Wildman–Crippen LogP) is 5.65. The van der Waals surface area contributed by atoms with Gasteiger partial charge in [0.2, 0.25) is 0 Å². The van der Waals surface area contributed by atoms with E-state index in [2.05, 4.69) is 53.7 Å². The fraction of sp³-hybridized carbons (Fsp3) is 0.318. The van der Waals surface area contributed by atoms with E-state index in [1.54, 1.807) is 0 Å². The number of nitrogens with zero attached hydrogens (tertiary/aromatic N) is 2. The molecule has 0 fully saturated rings. The standard InChI is InChI=1S/C22H25ClN2/c1-17-3-7-21(18(2)13-17)8-4-20(15-25-12-11-24-16-25)14-19-5-9-22(23)10-6-19/h3,5-7,9-13,16,20H,4,8,14-15H2,1-2H3. The second-order valence-corrected chi connectivity index (χ2v) is 7.36. The number of aryl methyl sites for hydroxylation is 3. The molecule has 0 radical (unpaired) electrons. The summed E-state index contributed by atoms with van der Waals surface area (Å²) in [7, 11) is 0. The summed E-state index contributed by atoms with van der Waals surface area (Å²) in [6.45, 7) is 5.36. The highest BCUT2D eigenvalue weighted by Gasteiger charge is 2.12. The number of rotatable bonds is 7. The van der Waals surface area contributed by atoms with E-state index < -0.39 is 0 Å². The number of aromatic nitrogens is 2. The van der Waals surface area contributed by atoms with E-state index in [-0.39, 0.29) is 0 Å². The van der Waals surface area contributed by atoms with E-state index in [1.165, 1.54) is 22.3 Å². The summed E-state index contributed by atoms with van der Waals surface area (Å²) < 4.78 is 2.18. The van der Waals surface area contributed by atoms with E-state index in [0.717, 1.165) is 30.8 Å². The normalized spacial score (nSPS) is 12.3. The molecule has 25 heavy (non-hydrogen) atoms. The Morgan fingerprint density at radius 1 is 1.08 bits per heavy atom. The zero-order valence-corrected chi connectivity index (χ0v) is 15.7. The molecule has 0 bridgehead atoms. The first-order chi connectivity index (χ1) is 12.1. The van der Waals surface area contributed by atoms with Crippen molar-refractivity contribution in [2.24, 2.45) is 5.92 Å². The first-order valence-electron chi connectivity index (χ1n) is 8.86. The van der Waals surface area contributed by atoms with Crippen LogP contribution in [0.3, 0.4) is 0 Å². The molecule has 0 aliphatic heterocycles. The Labute approximate surface area is 155 Å². The van der Waals surface area contributed by atoms with Gasteiger partial charge in [-0.05, 0) is 67.9 Å². The largest absolute Gasteiger partial charge is 0.337 e. The number of hydrogen-bond acceptors (Lipinski definition) is 1. The van der Waals surface area contributed by atoms with Crippen LogP contribution in [0.4, 0.5) is 0 Å². The van der Waals surface area contributed by atoms with Crippen LogP contribution in [0.1, 0.15) is 28.7 Å². The molecule has 0 amide bonds. The van der Waals surface area contributed by atoms with E-state index in [4.69, 9.17) is 11.6 Å². The minimum absolute atomic E-state index is 0.566. The van der Waals surface area contributed by atoms with Crippen molar-refractivity contribution in [2.45, 2.75) is 39.7 Å². The highest BCUT2D eigenvalue weighted by Crippen LogP contribution is 2.21. The van der Waals surface area contributed by atoms with Crippen LogP contribution in [-0.2, 0) is 19.4 Å². The summed E-state index contributed by atoms with van der Waals surface area (Å²) in [6.07, 6.45) is 9.13. The Kier molecular flexibility index (Phi) is 5.93. The average Bonchev–Trinajstić information content (AvgIpc) is 3.09. The van der Waals surface area contributed by atoms with E-state index in [9.17, 15) is 0 Å². The van der Waals surface area contributed by atoms with Crippen LogP contribution in [0, 0.1) is 19.8 Å². The smallest absolute Gasteiger partial charge is 0.0945 e. The number of halogens is 1. The molecule has 2 nitrogen and oxygen atoms in total. The van der Waals surface area contributed by atoms with Gasteiger partial charge < -0.3 is 4.57 Å². The van der Waals surface area contributed by atoms with Crippen molar-refractivity contribution < 1.29 is 0 Å². The van der Waals surface area contributed by atoms with Crippen LogP contribution < -0.4 is 0 Å². The molecule has 3 rings (SSSR count). The van der Waals surface area contributed by atoms with Crippen LogP contribution in [0.5, 0.6) is 0 Å². The molecule has 1 atom stereocenters. The van der Waals surface area contributed by atoms with E-state index >= 15 is 0 Å². The van der Waals surface area contributed by atoms with Crippen LogP contribution in [0.15, 0.2) is 61.2 Å². The van der Waals surface area contributed by atoms with Gasteiger partial charge in [0.15, 0.2) is 0 Å². The summed E-state index contributed by atoms with van der Waals surface area (Å²) in [6, 6.07) is 15.0. The molecule has 0 aliphatic carbocycles. The zero-order chi connectivity index (χ0) is 17.6. The quantitative estimate of drug-likeness (QED) is 0.537. The SMILES string of the molecule is Cc1ccc(CCC(Cc2ccc(Cl)cc2)Cn2ccnc2)c(C)c1. The molecule has 0 saturated heterocycles. The lowest BCUT2D eigenvalue weighted by atomic mass is 9.91. The third kappa shape index (κ3) is 5.20. The van der Waals surface area contributed by atoms with Gasteiger partial charge >= 0.3 is 0 Å². The van der Waals surface area contributed by atoms with Gasteiger partial charge in [-0.25, -0.2) is 4.98 Å². The summed E-state index contributed by atoms with van der Waals surface area (Å²) in [5.41, 5.74) is 5.53. The maximum atomic E-state index is 6.02. The molecule has 3 aromatic rings. The molecule has 0 saturated carbocycles. The highest BCUT2D eigenvalue weighted by molar-refractivity contribution is 6.30. The third-order valence-electron chi connectivity index (χ3n) is 4.79. The number of imidazole rings is 1. The molecule has 1 heterocycles. The topological polar surface area (TPSA) is 17.8 Å². The van der Waals surface area contributed by atoms with Crippen molar-refractivity contribution in [1.82, 2.24) is 9.55 Å². The molecule has 3 heteroatoms. The number of benzene rings is 2. The molecule has 0 spiro atoms. The Morgan fingerprint density at radius 3 is 2.56 bits per heavy atom. The summed E-state index contributed by atoms with van der Waals surface area (Å²) in [4.78, 5) is 4.18. The van der Waals surface area contributed by atoms with Gasteiger partial charge in [0.25, 0.3) is 0 Å². The predicted molar refractivity (Wildman–Crippen MR) is 105 cm³/mol. The van der Waals surface area contributed by atoms with Gasteiger partial charge in [0.1, 0.15) is 0 Å². The maximum absolute atomic E-state index is 6.02. The Bertz CT molecular complexity index is 791. The Balaban J connectivity index is 1.70. The lowest BCUT2D eigenvalue weighted by Gasteiger charge is -2.18. The van der Waals surface area contributed by atoms with Crippen LogP contribution >= 0.6 is 11.6 Å². The van der Waals surface area contributed by atoms with Crippen molar-refractivity contribution in [3.05, 3.63) is 88.5 Å². The molecule has 1 unspecified atom stereocenters. The first-order valence-corrected chi connectivity index (χ1v) is 9.24. The van der Waals surface area contributed by atoms with E-state index in [0.29, 0.717) is 5.92 Å². The Morgan fingerprint density at radius 2 is 1.88 bits per heavy atom. The molecular formula is C22H25ClN2. The maximum Gasteiger partial charge on any atom is 0.0945 e. The first kappa shape index (κ1) is 17.8. The van der Waals surface area contributed by atoms with Crippen LogP contribution in [0.2, 0.25) is 5.02 Å². The second kappa shape index (κ2) is 8.35. The molecular weight excluding hydrogens is 328 g/mol. The number of hydrogen-bond donors (Lipinski definition) is 0. The van der Waals surface area contributed by atoms with Gasteiger partial charge in [0, 0.05) is 24.0 Å². The van der Waals surface area contributed by atoms with Gasteiger partial charge in [-0.1, -0.05) is 47.5 Å². The fourth-order valence-electron chi connectivity index (χ4n) is 3.39. The van der Waals surface area contributed by atoms with Gasteiger partial charge in [-0.2, -0.15) is 0 Å². The second-order valence-electron chi connectivity index (χ2n) is 6.92.